The highest BCUT2D eigenvalue weighted by molar-refractivity contribution is 5.51. The molecule has 0 N–H and O–H groups in total. The number of rotatable bonds is 6. The Labute approximate surface area is 230 Å². The van der Waals surface area contributed by atoms with Crippen LogP contribution >= 0.6 is 0 Å². The molecule has 3 aliphatic carbocycles. The van der Waals surface area contributed by atoms with Crippen molar-refractivity contribution < 1.29 is 0 Å². The van der Waals surface area contributed by atoms with E-state index in [1.54, 1.807) is 22.8 Å². The van der Waals surface area contributed by atoms with Crippen LogP contribution in [0.4, 0.5) is 5.69 Å². The quantitative estimate of drug-likeness (QED) is 0.350. The first-order valence-corrected chi connectivity index (χ1v) is 14.8. The van der Waals surface area contributed by atoms with E-state index in [1.165, 1.54) is 61.8 Å². The summed E-state index contributed by atoms with van der Waals surface area (Å²) in [5.41, 5.74) is 9.57. The maximum absolute atomic E-state index is 4.45. The smallest absolute Gasteiger partial charge is 0.0361 e. The predicted molar refractivity (Wildman–Crippen MR) is 167 cm³/mol. The molecule has 37 heavy (non-hydrogen) atoms. The van der Waals surface area contributed by atoms with Crippen LogP contribution in [0.5, 0.6) is 0 Å². The number of nitrogens with zero attached hydrogens (tertiary/aromatic N) is 1. The molecule has 2 saturated carbocycles. The fraction of sp³-hybridized carbons (Fsp3) is 0.556. The number of benzene rings is 1. The molecule has 0 bridgehead atoms. The van der Waals surface area contributed by atoms with E-state index in [1.807, 2.05) is 26.8 Å². The van der Waals surface area contributed by atoms with Gasteiger partial charge in [0.05, 0.1) is 0 Å². The first-order chi connectivity index (χ1) is 17.7. The number of hydrogen-bond acceptors (Lipinski definition) is 1. The van der Waals surface area contributed by atoms with Crippen LogP contribution in [0.2, 0.25) is 0 Å². The highest BCUT2D eigenvalue weighted by Gasteiger charge is 2.56. The monoisotopic (exact) mass is 501 g/mol. The molecule has 3 aliphatic rings. The molecule has 0 amide bonds. The van der Waals surface area contributed by atoms with Gasteiger partial charge in [0.15, 0.2) is 0 Å². The average Bonchev–Trinajstić information content (AvgIpc) is 3.24. The molecule has 0 aliphatic heterocycles. The van der Waals surface area contributed by atoms with Crippen molar-refractivity contribution in [2.24, 2.45) is 23.2 Å². The van der Waals surface area contributed by atoms with Gasteiger partial charge in [-0.2, -0.15) is 0 Å². The molecule has 5 atom stereocenters. The van der Waals surface area contributed by atoms with Gasteiger partial charge in [-0.15, -0.1) is 6.58 Å². The summed E-state index contributed by atoms with van der Waals surface area (Å²) in [6, 6.07) is 9.45. The molecule has 0 radical (unpaired) electrons. The topological polar surface area (TPSA) is 3.24 Å². The number of anilines is 1. The Kier molecular flexibility index (Phi) is 11.7. The van der Waals surface area contributed by atoms with Crippen LogP contribution in [0.25, 0.3) is 0 Å². The molecule has 1 aromatic carbocycles. The third kappa shape index (κ3) is 6.42. The fourth-order valence-corrected chi connectivity index (χ4v) is 7.67. The largest absolute Gasteiger partial charge is 0.378 e. The molecular weight excluding hydrogens is 446 g/mol. The highest BCUT2D eigenvalue weighted by Crippen LogP contribution is 2.66. The van der Waals surface area contributed by atoms with E-state index in [0.717, 1.165) is 11.8 Å². The fourth-order valence-electron chi connectivity index (χ4n) is 7.67. The maximum atomic E-state index is 4.45. The summed E-state index contributed by atoms with van der Waals surface area (Å²) in [6.45, 7) is 25.0. The minimum Gasteiger partial charge on any atom is -0.378 e. The van der Waals surface area contributed by atoms with Crippen LogP contribution in [-0.4, -0.2) is 14.1 Å². The van der Waals surface area contributed by atoms with Crippen LogP contribution in [-0.2, 0) is 0 Å². The third-order valence-corrected chi connectivity index (χ3v) is 9.00. The average molecular weight is 502 g/mol. The van der Waals surface area contributed by atoms with E-state index in [2.05, 4.69) is 89.8 Å². The SMILES string of the molecule is C=C/C=C1/CCC2C(=C1CCC)C(c1ccc(N(C)C)cc1)CC1(C)C(C(=C)C)CCC21.C=CC.CC. The molecule has 0 spiro atoms. The maximum Gasteiger partial charge on any atom is 0.0361 e. The van der Waals surface area contributed by atoms with Crippen LogP contribution in [0.3, 0.4) is 0 Å². The van der Waals surface area contributed by atoms with Gasteiger partial charge >= 0.3 is 0 Å². The summed E-state index contributed by atoms with van der Waals surface area (Å²) in [4.78, 5) is 2.20. The number of allylic oxidation sites excluding steroid dienone is 7. The van der Waals surface area contributed by atoms with Gasteiger partial charge in [0, 0.05) is 25.7 Å². The van der Waals surface area contributed by atoms with E-state index in [4.69, 9.17) is 0 Å². The van der Waals surface area contributed by atoms with Crippen LogP contribution in [0.15, 0.2) is 84.5 Å². The highest BCUT2D eigenvalue weighted by atomic mass is 15.1. The lowest BCUT2D eigenvalue weighted by Crippen LogP contribution is -2.43. The zero-order chi connectivity index (χ0) is 27.8. The summed E-state index contributed by atoms with van der Waals surface area (Å²) in [7, 11) is 4.26. The Bertz CT molecular complexity index is 972. The van der Waals surface area contributed by atoms with Crippen molar-refractivity contribution in [1.29, 1.82) is 0 Å². The summed E-state index contributed by atoms with van der Waals surface area (Å²) in [6.07, 6.45) is 14.9. The summed E-state index contributed by atoms with van der Waals surface area (Å²) in [5, 5.41) is 0. The van der Waals surface area contributed by atoms with Gasteiger partial charge in [-0.3, -0.25) is 0 Å². The lowest BCUT2D eigenvalue weighted by molar-refractivity contribution is 0.0777. The molecule has 1 aromatic rings. The van der Waals surface area contributed by atoms with E-state index < -0.39 is 0 Å². The van der Waals surface area contributed by atoms with Crippen molar-refractivity contribution >= 4 is 5.69 Å². The van der Waals surface area contributed by atoms with Gasteiger partial charge in [0.25, 0.3) is 0 Å². The lowest BCUT2D eigenvalue weighted by atomic mass is 9.52. The first kappa shape index (κ1) is 30.9. The second-order valence-electron chi connectivity index (χ2n) is 11.5. The van der Waals surface area contributed by atoms with Gasteiger partial charge in [-0.1, -0.05) is 88.8 Å². The normalized spacial score (nSPS) is 29.1. The zero-order valence-electron chi connectivity index (χ0n) is 25.4. The summed E-state index contributed by atoms with van der Waals surface area (Å²) in [5.74, 6) is 2.71. The molecule has 4 rings (SSSR count). The van der Waals surface area contributed by atoms with Crippen molar-refractivity contribution in [2.45, 2.75) is 92.4 Å². The zero-order valence-corrected chi connectivity index (χ0v) is 25.4. The van der Waals surface area contributed by atoms with E-state index in [-0.39, 0.29) is 0 Å². The third-order valence-electron chi connectivity index (χ3n) is 9.00. The Balaban J connectivity index is 0.000000898. The van der Waals surface area contributed by atoms with E-state index >= 15 is 0 Å². The van der Waals surface area contributed by atoms with Crippen molar-refractivity contribution in [3.63, 3.8) is 0 Å². The summed E-state index contributed by atoms with van der Waals surface area (Å²) < 4.78 is 0. The minimum atomic E-state index is 0.363. The molecule has 0 saturated heterocycles. The number of hydrogen-bond donors (Lipinski definition) is 0. The van der Waals surface area contributed by atoms with Crippen molar-refractivity contribution in [3.05, 3.63) is 90.1 Å². The molecular formula is C36H55N. The van der Waals surface area contributed by atoms with Crippen molar-refractivity contribution in [2.75, 3.05) is 19.0 Å². The Morgan fingerprint density at radius 1 is 1.08 bits per heavy atom. The Morgan fingerprint density at radius 3 is 2.22 bits per heavy atom. The summed E-state index contributed by atoms with van der Waals surface area (Å²) >= 11 is 0. The second kappa shape index (κ2) is 14.0. The van der Waals surface area contributed by atoms with Crippen LogP contribution < -0.4 is 4.90 Å². The Hall–Kier alpha value is -2.28. The van der Waals surface area contributed by atoms with Gasteiger partial charge in [0.2, 0.25) is 0 Å². The van der Waals surface area contributed by atoms with Crippen molar-refractivity contribution in [1.82, 2.24) is 0 Å². The predicted octanol–water partition coefficient (Wildman–Crippen LogP) is 10.7. The van der Waals surface area contributed by atoms with Crippen molar-refractivity contribution in [3.8, 4) is 0 Å². The molecule has 5 unspecified atom stereocenters. The van der Waals surface area contributed by atoms with Gasteiger partial charge in [0.1, 0.15) is 0 Å². The second-order valence-corrected chi connectivity index (χ2v) is 11.5. The van der Waals surface area contributed by atoms with Gasteiger partial charge in [-0.05, 0) is 104 Å². The van der Waals surface area contributed by atoms with Gasteiger partial charge in [-0.25, -0.2) is 0 Å². The molecule has 0 aromatic heterocycles. The molecule has 0 heterocycles. The van der Waals surface area contributed by atoms with E-state index in [0.29, 0.717) is 17.3 Å². The molecule has 204 valence electrons. The number of fused-ring (bicyclic) bond motifs is 3. The Morgan fingerprint density at radius 2 is 1.70 bits per heavy atom. The van der Waals surface area contributed by atoms with Crippen LogP contribution in [0.1, 0.15) is 98.0 Å². The molecule has 1 heteroatoms. The molecule has 1 nitrogen and oxygen atoms in total. The first-order valence-electron chi connectivity index (χ1n) is 14.8. The minimum absolute atomic E-state index is 0.363. The van der Waals surface area contributed by atoms with Gasteiger partial charge < -0.3 is 4.90 Å². The standard InChI is InChI=1S/C31H43N.C3H6.C2H6/c1-8-10-22-14-17-26-29-19-18-28(21(3)4)31(29,5)20-27(30(26)25(22)11-9-2)23-12-15-24(16-13-23)32(6)7;1-3-2;1-2/h8,10,12-13,15-16,26-29H,1,3,9,11,14,17-20H2,2,4-7H3;3H,1H2,2H3;1-2H3/b22-10-;;. The lowest BCUT2D eigenvalue weighted by Gasteiger charge is -2.53. The molecule has 2 fully saturated rings. The van der Waals surface area contributed by atoms with E-state index in [9.17, 15) is 0 Å². The van der Waals surface area contributed by atoms with Crippen LogP contribution in [0, 0.1) is 23.2 Å².